The van der Waals surface area contributed by atoms with Gasteiger partial charge in [-0.15, -0.1) is 0 Å². The van der Waals surface area contributed by atoms with Crippen LogP contribution >= 0.6 is 12.2 Å². The van der Waals surface area contributed by atoms with Crippen LogP contribution < -0.4 is 15.5 Å². The van der Waals surface area contributed by atoms with E-state index in [0.717, 1.165) is 22.4 Å². The van der Waals surface area contributed by atoms with Crippen LogP contribution in [0.2, 0.25) is 0 Å². The van der Waals surface area contributed by atoms with Crippen molar-refractivity contribution in [1.82, 2.24) is 10.7 Å². The van der Waals surface area contributed by atoms with Crippen molar-refractivity contribution in [2.75, 3.05) is 0 Å². The molecule has 0 aliphatic rings. The third kappa shape index (κ3) is 6.24. The van der Waals surface area contributed by atoms with E-state index in [1.54, 1.807) is 6.21 Å². The van der Waals surface area contributed by atoms with Crippen LogP contribution in [0.3, 0.4) is 0 Å². The molecule has 3 aromatic rings. The smallest absolute Gasteiger partial charge is 0.187 e. The lowest BCUT2D eigenvalue weighted by atomic mass is 10.2. The molecule has 3 aromatic carbocycles. The Hall–Kier alpha value is -3.18. The Balaban J connectivity index is 1.51. The maximum Gasteiger partial charge on any atom is 0.187 e. The molecule has 0 radical (unpaired) electrons. The highest BCUT2D eigenvalue weighted by Crippen LogP contribution is 2.17. The van der Waals surface area contributed by atoms with Crippen LogP contribution in [0.15, 0.2) is 90.0 Å². The molecule has 0 unspecified atom stereocenters. The number of ether oxygens (including phenoxy) is 1. The molecule has 27 heavy (non-hydrogen) atoms. The zero-order valence-electron chi connectivity index (χ0n) is 14.8. The quantitative estimate of drug-likeness (QED) is 0.368. The number of rotatable bonds is 7. The first-order valence-corrected chi connectivity index (χ1v) is 9.09. The summed E-state index contributed by atoms with van der Waals surface area (Å²) in [5.41, 5.74) is 5.99. The number of hydrogen-bond acceptors (Lipinski definition) is 3. The van der Waals surface area contributed by atoms with Crippen LogP contribution in [0, 0.1) is 0 Å². The molecule has 0 aliphatic carbocycles. The fourth-order valence-electron chi connectivity index (χ4n) is 2.43. The molecule has 136 valence electrons. The van der Waals surface area contributed by atoms with Crippen molar-refractivity contribution >= 4 is 23.5 Å². The summed E-state index contributed by atoms with van der Waals surface area (Å²) in [6.45, 7) is 1.16. The molecule has 0 heterocycles. The molecule has 0 aromatic heterocycles. The highest BCUT2D eigenvalue weighted by atomic mass is 32.1. The van der Waals surface area contributed by atoms with E-state index in [1.807, 2.05) is 84.9 Å². The molecule has 2 N–H and O–H groups in total. The number of para-hydroxylation sites is 1. The van der Waals surface area contributed by atoms with Crippen LogP contribution in [0.25, 0.3) is 0 Å². The van der Waals surface area contributed by atoms with Crippen molar-refractivity contribution in [3.05, 3.63) is 102 Å². The molecule has 0 saturated carbocycles. The lowest BCUT2D eigenvalue weighted by Gasteiger charge is -2.09. The Kier molecular flexibility index (Phi) is 6.95. The summed E-state index contributed by atoms with van der Waals surface area (Å²) in [5.74, 6) is 0.773. The molecule has 0 amide bonds. The lowest BCUT2D eigenvalue weighted by Crippen LogP contribution is -2.31. The Morgan fingerprint density at radius 3 is 2.22 bits per heavy atom. The van der Waals surface area contributed by atoms with Gasteiger partial charge in [-0.3, -0.25) is 5.43 Å². The molecule has 0 bridgehead atoms. The molecule has 4 nitrogen and oxygen atoms in total. The van der Waals surface area contributed by atoms with Crippen molar-refractivity contribution in [2.45, 2.75) is 13.2 Å². The Morgan fingerprint density at radius 2 is 1.48 bits per heavy atom. The fraction of sp³-hybridized carbons (Fsp3) is 0.0909. The van der Waals surface area contributed by atoms with Gasteiger partial charge >= 0.3 is 0 Å². The van der Waals surface area contributed by atoms with Crippen LogP contribution in [0.5, 0.6) is 5.75 Å². The first-order valence-electron chi connectivity index (χ1n) is 8.68. The number of thiocarbonyl (C=S) groups is 1. The Bertz CT molecular complexity index is 882. The molecule has 0 fully saturated rings. The van der Waals surface area contributed by atoms with E-state index in [0.29, 0.717) is 18.3 Å². The summed E-state index contributed by atoms with van der Waals surface area (Å²) < 4.78 is 5.92. The predicted molar refractivity (Wildman–Crippen MR) is 114 cm³/mol. The van der Waals surface area contributed by atoms with Crippen molar-refractivity contribution in [3.63, 3.8) is 0 Å². The maximum absolute atomic E-state index is 5.92. The van der Waals surface area contributed by atoms with Gasteiger partial charge in [0.15, 0.2) is 5.11 Å². The highest BCUT2D eigenvalue weighted by molar-refractivity contribution is 7.80. The molecular formula is C22H21N3OS. The Morgan fingerprint density at radius 1 is 0.852 bits per heavy atom. The summed E-state index contributed by atoms with van der Waals surface area (Å²) in [6, 6.07) is 27.9. The summed E-state index contributed by atoms with van der Waals surface area (Å²) in [7, 11) is 0. The minimum Gasteiger partial charge on any atom is -0.488 e. The standard InChI is InChI=1S/C22H21N3OS/c27-22(23-15-18-9-3-1-4-10-18)25-24-16-20-13-7-8-14-21(20)26-17-19-11-5-2-6-12-19/h1-14,16H,15,17H2,(H2,23,25,27)/b24-16-. The molecule has 0 atom stereocenters. The maximum atomic E-state index is 5.92. The Labute approximate surface area is 164 Å². The van der Waals surface area contributed by atoms with Gasteiger partial charge in [0.05, 0.1) is 6.21 Å². The number of hydrazone groups is 1. The van der Waals surface area contributed by atoms with E-state index in [-0.39, 0.29) is 0 Å². The van der Waals surface area contributed by atoms with E-state index in [2.05, 4.69) is 15.8 Å². The van der Waals surface area contributed by atoms with Crippen molar-refractivity contribution in [2.24, 2.45) is 5.10 Å². The van der Waals surface area contributed by atoms with Gasteiger partial charge in [-0.25, -0.2) is 0 Å². The van der Waals surface area contributed by atoms with E-state index in [4.69, 9.17) is 17.0 Å². The zero-order chi connectivity index (χ0) is 18.7. The average molecular weight is 375 g/mol. The van der Waals surface area contributed by atoms with Crippen LogP contribution in [-0.2, 0) is 13.2 Å². The normalized spacial score (nSPS) is 10.5. The van der Waals surface area contributed by atoms with Gasteiger partial charge < -0.3 is 10.1 Å². The van der Waals surface area contributed by atoms with Crippen molar-refractivity contribution in [1.29, 1.82) is 0 Å². The third-order valence-electron chi connectivity index (χ3n) is 3.82. The lowest BCUT2D eigenvalue weighted by molar-refractivity contribution is 0.306. The molecule has 0 aliphatic heterocycles. The topological polar surface area (TPSA) is 45.7 Å². The van der Waals surface area contributed by atoms with Gasteiger partial charge in [-0.2, -0.15) is 5.10 Å². The minimum atomic E-state index is 0.470. The zero-order valence-corrected chi connectivity index (χ0v) is 15.7. The van der Waals surface area contributed by atoms with Gasteiger partial charge in [0, 0.05) is 12.1 Å². The van der Waals surface area contributed by atoms with Crippen LogP contribution in [0.1, 0.15) is 16.7 Å². The first kappa shape index (κ1) is 18.6. The third-order valence-corrected chi connectivity index (χ3v) is 4.06. The van der Waals surface area contributed by atoms with Crippen molar-refractivity contribution < 1.29 is 4.74 Å². The number of nitrogens with zero attached hydrogens (tertiary/aromatic N) is 1. The number of hydrogen-bond donors (Lipinski definition) is 2. The second-order valence-electron chi connectivity index (χ2n) is 5.85. The predicted octanol–water partition coefficient (Wildman–Crippen LogP) is 4.26. The van der Waals surface area contributed by atoms with E-state index < -0.39 is 0 Å². The van der Waals surface area contributed by atoms with Crippen LogP contribution in [-0.4, -0.2) is 11.3 Å². The van der Waals surface area contributed by atoms with Gasteiger partial charge in [0.2, 0.25) is 0 Å². The largest absolute Gasteiger partial charge is 0.488 e. The monoisotopic (exact) mass is 375 g/mol. The minimum absolute atomic E-state index is 0.470. The molecule has 0 saturated heterocycles. The second kappa shape index (κ2) is 10.1. The summed E-state index contributed by atoms with van der Waals surface area (Å²) >= 11 is 5.25. The number of nitrogens with one attached hydrogen (secondary N) is 2. The van der Waals surface area contributed by atoms with E-state index >= 15 is 0 Å². The van der Waals surface area contributed by atoms with E-state index in [1.165, 1.54) is 0 Å². The second-order valence-corrected chi connectivity index (χ2v) is 6.26. The summed E-state index contributed by atoms with van der Waals surface area (Å²) in [6.07, 6.45) is 1.71. The average Bonchev–Trinajstić information content (AvgIpc) is 2.73. The molecule has 5 heteroatoms. The van der Waals surface area contributed by atoms with Gasteiger partial charge in [0.25, 0.3) is 0 Å². The van der Waals surface area contributed by atoms with Crippen molar-refractivity contribution in [3.8, 4) is 5.75 Å². The molecule has 0 spiro atoms. The SMILES string of the molecule is S=C(NCc1ccccc1)N/N=C\c1ccccc1OCc1ccccc1. The summed E-state index contributed by atoms with van der Waals surface area (Å²) in [5, 5.41) is 7.80. The summed E-state index contributed by atoms with van der Waals surface area (Å²) in [4.78, 5) is 0. The molecular weight excluding hydrogens is 354 g/mol. The van der Waals surface area contributed by atoms with E-state index in [9.17, 15) is 0 Å². The fourth-order valence-corrected chi connectivity index (χ4v) is 2.56. The first-order chi connectivity index (χ1) is 13.3. The van der Waals surface area contributed by atoms with Gasteiger partial charge in [-0.1, -0.05) is 72.8 Å². The van der Waals surface area contributed by atoms with Crippen LogP contribution in [0.4, 0.5) is 0 Å². The molecule has 3 rings (SSSR count). The van der Waals surface area contributed by atoms with Gasteiger partial charge in [0.1, 0.15) is 12.4 Å². The highest BCUT2D eigenvalue weighted by Gasteiger charge is 2.01. The number of benzene rings is 3. The van der Waals surface area contributed by atoms with Gasteiger partial charge in [-0.05, 0) is 35.5 Å².